The number of nitrogens with one attached hydrogen (secondary N) is 2. The zero-order chi connectivity index (χ0) is 22.0. The molecule has 2 heterocycles. The summed E-state index contributed by atoms with van der Waals surface area (Å²) in [6, 6.07) is 10.3. The summed E-state index contributed by atoms with van der Waals surface area (Å²) in [6.07, 6.45) is 5.02. The first kappa shape index (κ1) is 20.4. The van der Waals surface area contributed by atoms with Crippen LogP contribution in [0.25, 0.3) is 5.82 Å². The third kappa shape index (κ3) is 4.67. The Labute approximate surface area is 176 Å². The van der Waals surface area contributed by atoms with Crippen molar-refractivity contribution in [3.63, 3.8) is 0 Å². The van der Waals surface area contributed by atoms with Gasteiger partial charge in [-0.3, -0.25) is 9.29 Å². The average Bonchev–Trinajstić information content (AvgIpc) is 3.23. The standard InChI is InChI=1S/C20H16F2N6O2S/c1-13-24-19(11-20(25-13)28-9-8-23-12-28)26-15-3-5-16(6-4-15)27-31(29,30)18-7-2-14(21)10-17(18)22/h2-12,27H,1H3,(H,24,25,26). The molecule has 0 amide bonds. The fourth-order valence-electron chi connectivity index (χ4n) is 2.82. The summed E-state index contributed by atoms with van der Waals surface area (Å²) >= 11 is 0. The highest BCUT2D eigenvalue weighted by Gasteiger charge is 2.19. The molecule has 31 heavy (non-hydrogen) atoms. The summed E-state index contributed by atoms with van der Waals surface area (Å²) < 4.78 is 55.7. The van der Waals surface area contributed by atoms with Crippen LogP contribution in [-0.2, 0) is 10.0 Å². The van der Waals surface area contributed by atoms with Gasteiger partial charge in [0.05, 0.1) is 0 Å². The molecule has 4 rings (SSSR count). The van der Waals surface area contributed by atoms with E-state index < -0.39 is 26.6 Å². The monoisotopic (exact) mass is 442 g/mol. The van der Waals surface area contributed by atoms with Gasteiger partial charge >= 0.3 is 0 Å². The summed E-state index contributed by atoms with van der Waals surface area (Å²) in [6.45, 7) is 1.76. The lowest BCUT2D eigenvalue weighted by atomic mass is 10.3. The highest BCUT2D eigenvalue weighted by Crippen LogP contribution is 2.23. The van der Waals surface area contributed by atoms with Gasteiger partial charge in [0.25, 0.3) is 10.0 Å². The summed E-state index contributed by atoms with van der Waals surface area (Å²) in [4.78, 5) is 12.0. The first-order chi connectivity index (χ1) is 14.8. The van der Waals surface area contributed by atoms with E-state index in [1.807, 2.05) is 0 Å². The molecule has 0 aliphatic heterocycles. The molecule has 0 aliphatic carbocycles. The van der Waals surface area contributed by atoms with Crippen molar-refractivity contribution in [2.24, 2.45) is 0 Å². The first-order valence-corrected chi connectivity index (χ1v) is 10.5. The zero-order valence-corrected chi connectivity index (χ0v) is 16.9. The minimum absolute atomic E-state index is 0.215. The number of anilines is 3. The summed E-state index contributed by atoms with van der Waals surface area (Å²) in [5.74, 6) is -0.294. The van der Waals surface area contributed by atoms with Crippen LogP contribution in [0.15, 0.2) is 72.1 Å². The van der Waals surface area contributed by atoms with Crippen LogP contribution < -0.4 is 10.0 Å². The molecule has 2 aromatic carbocycles. The third-order valence-corrected chi connectivity index (χ3v) is 5.60. The van der Waals surface area contributed by atoms with Crippen molar-refractivity contribution in [1.82, 2.24) is 19.5 Å². The molecule has 158 valence electrons. The molecule has 0 unspecified atom stereocenters. The van der Waals surface area contributed by atoms with Crippen molar-refractivity contribution >= 4 is 27.2 Å². The lowest BCUT2D eigenvalue weighted by Gasteiger charge is -2.11. The average molecular weight is 442 g/mol. The molecule has 0 radical (unpaired) electrons. The molecule has 8 nitrogen and oxygen atoms in total. The summed E-state index contributed by atoms with van der Waals surface area (Å²) in [5.41, 5.74) is 0.859. The number of aryl methyl sites for hydroxylation is 1. The van der Waals surface area contributed by atoms with E-state index in [2.05, 4.69) is 25.0 Å². The van der Waals surface area contributed by atoms with Gasteiger partial charge in [0, 0.05) is 35.9 Å². The van der Waals surface area contributed by atoms with Gasteiger partial charge < -0.3 is 5.32 Å². The molecular weight excluding hydrogens is 426 g/mol. The Hall–Kier alpha value is -3.86. The Bertz CT molecular complexity index is 1330. The van der Waals surface area contributed by atoms with E-state index in [0.717, 1.165) is 12.1 Å². The van der Waals surface area contributed by atoms with E-state index >= 15 is 0 Å². The van der Waals surface area contributed by atoms with Gasteiger partial charge in [0.15, 0.2) is 0 Å². The molecule has 0 aliphatic rings. The van der Waals surface area contributed by atoms with Crippen molar-refractivity contribution in [3.8, 4) is 5.82 Å². The molecule has 0 atom stereocenters. The number of aromatic nitrogens is 4. The number of benzene rings is 2. The lowest BCUT2D eigenvalue weighted by Crippen LogP contribution is -2.14. The largest absolute Gasteiger partial charge is 0.340 e. The van der Waals surface area contributed by atoms with E-state index in [-0.39, 0.29) is 5.69 Å². The normalized spacial score (nSPS) is 11.3. The molecule has 0 spiro atoms. The van der Waals surface area contributed by atoms with Gasteiger partial charge in [-0.25, -0.2) is 32.2 Å². The molecule has 0 fully saturated rings. The molecule has 2 aromatic heterocycles. The van der Waals surface area contributed by atoms with Crippen LogP contribution in [0, 0.1) is 18.6 Å². The molecule has 2 N–H and O–H groups in total. The van der Waals surface area contributed by atoms with Crippen LogP contribution in [0.3, 0.4) is 0 Å². The SMILES string of the molecule is Cc1nc(Nc2ccc(NS(=O)(=O)c3ccc(F)cc3F)cc2)cc(-n2ccnc2)n1. The lowest BCUT2D eigenvalue weighted by molar-refractivity contribution is 0.551. The van der Waals surface area contributed by atoms with Gasteiger partial charge in [-0.1, -0.05) is 0 Å². The van der Waals surface area contributed by atoms with Gasteiger partial charge in [0.1, 0.15) is 40.3 Å². The van der Waals surface area contributed by atoms with Crippen LogP contribution >= 0.6 is 0 Å². The topological polar surface area (TPSA) is 102 Å². The maximum Gasteiger partial charge on any atom is 0.264 e. The Morgan fingerprint density at radius 3 is 2.39 bits per heavy atom. The fraction of sp³-hybridized carbons (Fsp3) is 0.0500. The molecule has 11 heteroatoms. The second-order valence-corrected chi connectivity index (χ2v) is 8.16. The molecule has 0 saturated heterocycles. The minimum Gasteiger partial charge on any atom is -0.340 e. The predicted molar refractivity (Wildman–Crippen MR) is 111 cm³/mol. The Morgan fingerprint density at radius 1 is 0.968 bits per heavy atom. The van der Waals surface area contributed by atoms with Crippen LogP contribution in [0.1, 0.15) is 5.82 Å². The van der Waals surface area contributed by atoms with Crippen LogP contribution in [0.2, 0.25) is 0 Å². The predicted octanol–water partition coefficient (Wildman–Crippen LogP) is 3.79. The van der Waals surface area contributed by atoms with Gasteiger partial charge in [0.2, 0.25) is 0 Å². The van der Waals surface area contributed by atoms with Crippen LogP contribution in [0.4, 0.5) is 26.0 Å². The summed E-state index contributed by atoms with van der Waals surface area (Å²) in [7, 11) is -4.21. The quantitative estimate of drug-likeness (QED) is 0.471. The van der Waals surface area contributed by atoms with Gasteiger partial charge in [-0.2, -0.15) is 0 Å². The van der Waals surface area contributed by atoms with Crippen LogP contribution in [-0.4, -0.2) is 27.9 Å². The number of imidazole rings is 1. The maximum atomic E-state index is 13.8. The Balaban J connectivity index is 1.51. The second kappa shape index (κ2) is 8.11. The molecule has 0 bridgehead atoms. The second-order valence-electron chi connectivity index (χ2n) is 6.51. The van der Waals surface area contributed by atoms with E-state index in [4.69, 9.17) is 0 Å². The Morgan fingerprint density at radius 2 is 1.71 bits per heavy atom. The highest BCUT2D eigenvalue weighted by atomic mass is 32.2. The van der Waals surface area contributed by atoms with Crippen molar-refractivity contribution in [2.75, 3.05) is 10.0 Å². The number of hydrogen-bond acceptors (Lipinski definition) is 6. The van der Waals surface area contributed by atoms with Gasteiger partial charge in [-0.05, 0) is 43.3 Å². The van der Waals surface area contributed by atoms with E-state index in [9.17, 15) is 17.2 Å². The van der Waals surface area contributed by atoms with Gasteiger partial charge in [-0.15, -0.1) is 0 Å². The van der Waals surface area contributed by atoms with E-state index in [1.165, 1.54) is 12.1 Å². The fourth-order valence-corrected chi connectivity index (χ4v) is 3.93. The highest BCUT2D eigenvalue weighted by molar-refractivity contribution is 7.92. The molecule has 4 aromatic rings. The smallest absolute Gasteiger partial charge is 0.264 e. The first-order valence-electron chi connectivity index (χ1n) is 8.99. The molecule has 0 saturated carbocycles. The number of hydrogen-bond donors (Lipinski definition) is 2. The van der Waals surface area contributed by atoms with Crippen molar-refractivity contribution in [2.45, 2.75) is 11.8 Å². The number of nitrogens with zero attached hydrogens (tertiary/aromatic N) is 4. The summed E-state index contributed by atoms with van der Waals surface area (Å²) in [5, 5.41) is 3.12. The third-order valence-electron chi connectivity index (χ3n) is 4.19. The van der Waals surface area contributed by atoms with Crippen molar-refractivity contribution in [3.05, 3.63) is 84.7 Å². The number of rotatable bonds is 6. The van der Waals surface area contributed by atoms with Crippen LogP contribution in [0.5, 0.6) is 0 Å². The number of sulfonamides is 1. The molecular formula is C20H16F2N6O2S. The Kier molecular flexibility index (Phi) is 5.34. The van der Waals surface area contributed by atoms with E-state index in [1.54, 1.807) is 48.4 Å². The zero-order valence-electron chi connectivity index (χ0n) is 16.1. The number of halogens is 2. The maximum absolute atomic E-state index is 13.8. The minimum atomic E-state index is -4.21. The van der Waals surface area contributed by atoms with Crippen molar-refractivity contribution < 1.29 is 17.2 Å². The van der Waals surface area contributed by atoms with Crippen molar-refractivity contribution in [1.29, 1.82) is 0 Å². The van der Waals surface area contributed by atoms with E-state index in [0.29, 0.717) is 29.2 Å².